The Kier molecular flexibility index (Phi) is 3.56. The summed E-state index contributed by atoms with van der Waals surface area (Å²) in [5.41, 5.74) is 0.0923. The fraction of sp³-hybridized carbons (Fsp3) is 0.538. The third kappa shape index (κ3) is 2.80. The van der Waals surface area contributed by atoms with E-state index in [2.05, 4.69) is 5.32 Å². The van der Waals surface area contributed by atoms with Gasteiger partial charge in [-0.25, -0.2) is 4.39 Å². The molecule has 1 saturated carbocycles. The molecule has 0 bridgehead atoms. The fourth-order valence-corrected chi connectivity index (χ4v) is 2.28. The van der Waals surface area contributed by atoms with E-state index in [1.54, 1.807) is 12.1 Å². The van der Waals surface area contributed by atoms with Gasteiger partial charge in [0.05, 0.1) is 5.60 Å². The van der Waals surface area contributed by atoms with E-state index in [9.17, 15) is 9.50 Å². The van der Waals surface area contributed by atoms with Gasteiger partial charge in [0.1, 0.15) is 5.82 Å². The summed E-state index contributed by atoms with van der Waals surface area (Å²) in [7, 11) is 0. The molecule has 0 aliphatic heterocycles. The zero-order valence-electron chi connectivity index (χ0n) is 9.38. The van der Waals surface area contributed by atoms with Crippen LogP contribution in [-0.2, 0) is 6.54 Å². The van der Waals surface area contributed by atoms with Gasteiger partial charge in [-0.15, -0.1) is 0 Å². The van der Waals surface area contributed by atoms with E-state index in [1.165, 1.54) is 6.07 Å². The van der Waals surface area contributed by atoms with Crippen molar-refractivity contribution in [2.24, 2.45) is 0 Å². The molecule has 2 nitrogen and oxygen atoms in total. The Labute approximate surface area is 95.5 Å². The van der Waals surface area contributed by atoms with Gasteiger partial charge in [0.25, 0.3) is 0 Å². The number of aliphatic hydroxyl groups is 1. The lowest BCUT2D eigenvalue weighted by atomic mass is 10.0. The summed E-state index contributed by atoms with van der Waals surface area (Å²) in [6.07, 6.45) is 3.91. The molecule has 0 radical (unpaired) electrons. The van der Waals surface area contributed by atoms with Crippen molar-refractivity contribution in [1.29, 1.82) is 0 Å². The molecule has 2 rings (SSSR count). The van der Waals surface area contributed by atoms with E-state index in [0.29, 0.717) is 18.7 Å². The molecule has 0 heterocycles. The minimum Gasteiger partial charge on any atom is -0.389 e. The lowest BCUT2D eigenvalue weighted by Gasteiger charge is -2.22. The highest BCUT2D eigenvalue weighted by atomic mass is 19.1. The highest BCUT2D eigenvalue weighted by molar-refractivity contribution is 5.16. The molecule has 1 aromatic carbocycles. The van der Waals surface area contributed by atoms with Gasteiger partial charge in [-0.1, -0.05) is 31.0 Å². The van der Waals surface area contributed by atoms with E-state index in [0.717, 1.165) is 25.7 Å². The molecule has 16 heavy (non-hydrogen) atoms. The molecule has 1 aromatic rings. The van der Waals surface area contributed by atoms with Gasteiger partial charge in [0, 0.05) is 18.7 Å². The maximum atomic E-state index is 13.3. The summed E-state index contributed by atoms with van der Waals surface area (Å²) in [6, 6.07) is 6.73. The smallest absolute Gasteiger partial charge is 0.127 e. The first kappa shape index (κ1) is 11.6. The normalized spacial score (nSPS) is 18.9. The van der Waals surface area contributed by atoms with Crippen LogP contribution in [0.3, 0.4) is 0 Å². The Balaban J connectivity index is 1.82. The monoisotopic (exact) mass is 223 g/mol. The van der Waals surface area contributed by atoms with E-state index in [1.807, 2.05) is 6.07 Å². The number of halogens is 1. The zero-order valence-corrected chi connectivity index (χ0v) is 9.38. The first-order chi connectivity index (χ1) is 7.70. The number of benzene rings is 1. The van der Waals surface area contributed by atoms with Gasteiger partial charge >= 0.3 is 0 Å². The number of hydrogen-bond acceptors (Lipinski definition) is 2. The lowest BCUT2D eigenvalue weighted by molar-refractivity contribution is 0.0474. The maximum absolute atomic E-state index is 13.3. The van der Waals surface area contributed by atoms with Crippen LogP contribution in [0.15, 0.2) is 24.3 Å². The van der Waals surface area contributed by atoms with E-state index < -0.39 is 5.60 Å². The molecule has 0 unspecified atom stereocenters. The second-order valence-corrected chi connectivity index (χ2v) is 4.63. The number of nitrogens with one attached hydrogen (secondary N) is 1. The minimum absolute atomic E-state index is 0.187. The van der Waals surface area contributed by atoms with Crippen LogP contribution in [0.5, 0.6) is 0 Å². The average molecular weight is 223 g/mol. The van der Waals surface area contributed by atoms with Gasteiger partial charge in [0.15, 0.2) is 0 Å². The summed E-state index contributed by atoms with van der Waals surface area (Å²) >= 11 is 0. The molecule has 0 amide bonds. The summed E-state index contributed by atoms with van der Waals surface area (Å²) in [4.78, 5) is 0. The van der Waals surface area contributed by atoms with Crippen molar-refractivity contribution < 1.29 is 9.50 Å². The molecule has 0 aromatic heterocycles. The van der Waals surface area contributed by atoms with E-state index in [-0.39, 0.29) is 5.82 Å². The topological polar surface area (TPSA) is 32.3 Å². The van der Waals surface area contributed by atoms with Gasteiger partial charge < -0.3 is 10.4 Å². The largest absolute Gasteiger partial charge is 0.389 e. The van der Waals surface area contributed by atoms with Crippen molar-refractivity contribution >= 4 is 0 Å². The van der Waals surface area contributed by atoms with Crippen molar-refractivity contribution in [1.82, 2.24) is 5.32 Å². The first-order valence-electron chi connectivity index (χ1n) is 5.86. The lowest BCUT2D eigenvalue weighted by Crippen LogP contribution is -2.37. The molecular formula is C13H18FNO. The van der Waals surface area contributed by atoms with Gasteiger partial charge in [-0.05, 0) is 18.9 Å². The average Bonchev–Trinajstić information content (AvgIpc) is 2.68. The van der Waals surface area contributed by atoms with Gasteiger partial charge in [0.2, 0.25) is 0 Å². The third-order valence-electron chi connectivity index (χ3n) is 3.26. The van der Waals surface area contributed by atoms with Crippen molar-refractivity contribution in [3.8, 4) is 0 Å². The Morgan fingerprint density at radius 1 is 1.25 bits per heavy atom. The molecule has 1 fully saturated rings. The van der Waals surface area contributed by atoms with Crippen LogP contribution >= 0.6 is 0 Å². The molecule has 88 valence electrons. The standard InChI is InChI=1S/C13H18FNO/c14-12-6-2-1-5-11(12)9-15-10-13(16)7-3-4-8-13/h1-2,5-6,15-16H,3-4,7-10H2. The quantitative estimate of drug-likeness (QED) is 0.820. The van der Waals surface area contributed by atoms with Crippen LogP contribution < -0.4 is 5.32 Å². The molecule has 1 aliphatic carbocycles. The number of hydrogen-bond donors (Lipinski definition) is 2. The molecule has 2 N–H and O–H groups in total. The molecule has 3 heteroatoms. The summed E-state index contributed by atoms with van der Waals surface area (Å²) < 4.78 is 13.3. The highest BCUT2D eigenvalue weighted by Gasteiger charge is 2.30. The van der Waals surface area contributed by atoms with Crippen molar-refractivity contribution in [3.05, 3.63) is 35.6 Å². The molecule has 1 aliphatic rings. The highest BCUT2D eigenvalue weighted by Crippen LogP contribution is 2.28. The maximum Gasteiger partial charge on any atom is 0.127 e. The summed E-state index contributed by atoms with van der Waals surface area (Å²) in [6.45, 7) is 1.04. The van der Waals surface area contributed by atoms with Crippen LogP contribution in [0.1, 0.15) is 31.2 Å². The van der Waals surface area contributed by atoms with Crippen molar-refractivity contribution in [2.75, 3.05) is 6.54 Å². The first-order valence-corrected chi connectivity index (χ1v) is 5.86. The Bertz CT molecular complexity index is 348. The van der Waals surface area contributed by atoms with E-state index in [4.69, 9.17) is 0 Å². The van der Waals surface area contributed by atoms with Crippen molar-refractivity contribution in [2.45, 2.75) is 37.8 Å². The van der Waals surface area contributed by atoms with Crippen LogP contribution in [0.2, 0.25) is 0 Å². The van der Waals surface area contributed by atoms with E-state index >= 15 is 0 Å². The summed E-state index contributed by atoms with van der Waals surface area (Å²) in [5.74, 6) is -0.187. The predicted molar refractivity (Wildman–Crippen MR) is 61.5 cm³/mol. The minimum atomic E-state index is -0.564. The summed E-state index contributed by atoms with van der Waals surface area (Å²) in [5, 5.41) is 13.2. The fourth-order valence-electron chi connectivity index (χ4n) is 2.28. The SMILES string of the molecule is OC1(CNCc2ccccc2F)CCCC1. The molecule has 0 spiro atoms. The van der Waals surface area contributed by atoms with Crippen LogP contribution in [-0.4, -0.2) is 17.3 Å². The van der Waals surface area contributed by atoms with Crippen LogP contribution in [0.4, 0.5) is 4.39 Å². The van der Waals surface area contributed by atoms with Gasteiger partial charge in [-0.3, -0.25) is 0 Å². The second-order valence-electron chi connectivity index (χ2n) is 4.63. The Morgan fingerprint density at radius 2 is 1.94 bits per heavy atom. The molecular weight excluding hydrogens is 205 g/mol. The van der Waals surface area contributed by atoms with Crippen molar-refractivity contribution in [3.63, 3.8) is 0 Å². The predicted octanol–water partition coefficient (Wildman–Crippen LogP) is 2.22. The zero-order chi connectivity index (χ0) is 11.4. The van der Waals surface area contributed by atoms with Crippen LogP contribution in [0.25, 0.3) is 0 Å². The molecule has 0 saturated heterocycles. The van der Waals surface area contributed by atoms with Gasteiger partial charge in [-0.2, -0.15) is 0 Å². The number of rotatable bonds is 4. The second kappa shape index (κ2) is 4.93. The van der Waals surface area contributed by atoms with Crippen LogP contribution in [0, 0.1) is 5.82 Å². The third-order valence-corrected chi connectivity index (χ3v) is 3.26. The molecule has 0 atom stereocenters. The Morgan fingerprint density at radius 3 is 2.62 bits per heavy atom. The Hall–Kier alpha value is -0.930.